The molecule has 0 heterocycles. The summed E-state index contributed by atoms with van der Waals surface area (Å²) in [6, 6.07) is 21.1. The van der Waals surface area contributed by atoms with Gasteiger partial charge >= 0.3 is 0 Å². The summed E-state index contributed by atoms with van der Waals surface area (Å²) in [6.07, 6.45) is 1.85. The van der Waals surface area contributed by atoms with Crippen molar-refractivity contribution in [1.82, 2.24) is 4.90 Å². The predicted octanol–water partition coefficient (Wildman–Crippen LogP) is 5.41. The molecule has 2 rings (SSSR count). The van der Waals surface area contributed by atoms with Crippen molar-refractivity contribution in [3.05, 3.63) is 84.4 Å². The molecule has 24 heavy (non-hydrogen) atoms. The van der Waals surface area contributed by atoms with Gasteiger partial charge in [-0.05, 0) is 16.9 Å². The number of thioether (sulfide) groups is 1. The average Bonchev–Trinajstić information content (AvgIpc) is 2.60. The minimum atomic E-state index is 0. The van der Waals surface area contributed by atoms with E-state index >= 15 is 0 Å². The van der Waals surface area contributed by atoms with Gasteiger partial charge in [0.1, 0.15) is 0 Å². The molecule has 0 atom stereocenters. The Kier molecular flexibility index (Phi) is 9.97. The third-order valence-corrected chi connectivity index (χ3v) is 4.27. The Morgan fingerprint density at radius 1 is 1.00 bits per heavy atom. The zero-order chi connectivity index (χ0) is 16.3. The van der Waals surface area contributed by atoms with Crippen molar-refractivity contribution >= 4 is 29.3 Å². The second kappa shape index (κ2) is 11.8. The quantitative estimate of drug-likeness (QED) is 0.373. The van der Waals surface area contributed by atoms with Crippen molar-refractivity contribution in [2.75, 3.05) is 12.3 Å². The molecule has 0 aliphatic carbocycles. The first-order chi connectivity index (χ1) is 11.3. The number of halogens is 1. The highest BCUT2D eigenvalue weighted by molar-refractivity contribution is 8.13. The van der Waals surface area contributed by atoms with E-state index in [9.17, 15) is 0 Å². The highest BCUT2D eigenvalue weighted by Crippen LogP contribution is 2.17. The number of rotatable bonds is 7. The van der Waals surface area contributed by atoms with Crippen molar-refractivity contribution in [3.8, 4) is 0 Å². The van der Waals surface area contributed by atoms with E-state index in [0.717, 1.165) is 24.0 Å². The normalized spacial score (nSPS) is 10.8. The summed E-state index contributed by atoms with van der Waals surface area (Å²) >= 11 is 1.79. The minimum Gasteiger partial charge on any atom is -0.343 e. The van der Waals surface area contributed by atoms with Crippen LogP contribution in [0.5, 0.6) is 0 Å². The average molecular weight is 361 g/mol. The van der Waals surface area contributed by atoms with E-state index in [4.69, 9.17) is 4.99 Å². The van der Waals surface area contributed by atoms with Gasteiger partial charge in [0, 0.05) is 13.1 Å². The van der Waals surface area contributed by atoms with Crippen molar-refractivity contribution < 1.29 is 0 Å². The molecule has 0 aliphatic rings. The number of hydrogen-bond acceptors (Lipinski definition) is 2. The van der Waals surface area contributed by atoms with Gasteiger partial charge in [-0.25, -0.2) is 0 Å². The van der Waals surface area contributed by atoms with Crippen molar-refractivity contribution in [2.24, 2.45) is 4.99 Å². The van der Waals surface area contributed by atoms with Crippen LogP contribution in [0.1, 0.15) is 18.1 Å². The lowest BCUT2D eigenvalue weighted by Gasteiger charge is -2.26. The van der Waals surface area contributed by atoms with E-state index in [1.807, 2.05) is 6.08 Å². The largest absolute Gasteiger partial charge is 0.343 e. The van der Waals surface area contributed by atoms with E-state index < -0.39 is 0 Å². The lowest BCUT2D eigenvalue weighted by molar-refractivity contribution is 0.414. The lowest BCUT2D eigenvalue weighted by Crippen LogP contribution is -2.28. The maximum atomic E-state index is 4.71. The fourth-order valence-corrected chi connectivity index (χ4v) is 3.04. The molecule has 2 aromatic rings. The maximum Gasteiger partial charge on any atom is 0.160 e. The van der Waals surface area contributed by atoms with E-state index in [1.54, 1.807) is 11.8 Å². The summed E-state index contributed by atoms with van der Waals surface area (Å²) in [5.41, 5.74) is 2.60. The van der Waals surface area contributed by atoms with Gasteiger partial charge in [0.15, 0.2) is 5.17 Å². The Labute approximate surface area is 156 Å². The molecule has 2 aromatic carbocycles. The van der Waals surface area contributed by atoms with Crippen molar-refractivity contribution in [3.63, 3.8) is 0 Å². The Balaban J connectivity index is 0.00000288. The molecule has 0 unspecified atom stereocenters. The monoisotopic (exact) mass is 360 g/mol. The first-order valence-electron chi connectivity index (χ1n) is 7.94. The molecule has 2 nitrogen and oxygen atoms in total. The topological polar surface area (TPSA) is 15.6 Å². The number of nitrogens with zero attached hydrogens (tertiary/aromatic N) is 2. The summed E-state index contributed by atoms with van der Waals surface area (Å²) in [6.45, 7) is 8.32. The van der Waals surface area contributed by atoms with Gasteiger partial charge in [-0.1, -0.05) is 85.4 Å². The molecule has 0 fully saturated rings. The molecule has 0 bridgehead atoms. The van der Waals surface area contributed by atoms with E-state index in [2.05, 4.69) is 79.1 Å². The maximum absolute atomic E-state index is 4.71. The lowest BCUT2D eigenvalue weighted by atomic mass is 10.2. The summed E-state index contributed by atoms with van der Waals surface area (Å²) in [5.74, 6) is 1.01. The van der Waals surface area contributed by atoms with Gasteiger partial charge in [0.2, 0.25) is 0 Å². The summed E-state index contributed by atoms with van der Waals surface area (Å²) < 4.78 is 0. The molecule has 0 aliphatic heterocycles. The molecule has 0 spiro atoms. The Morgan fingerprint density at radius 2 is 1.50 bits per heavy atom. The van der Waals surface area contributed by atoms with E-state index in [0.29, 0.717) is 6.54 Å². The first kappa shape index (κ1) is 20.3. The van der Waals surface area contributed by atoms with Gasteiger partial charge in [-0.3, -0.25) is 4.99 Å². The highest BCUT2D eigenvalue weighted by Gasteiger charge is 2.12. The zero-order valence-corrected chi connectivity index (χ0v) is 15.7. The SMILES string of the molecule is C=CCN=C(SCC)N(Cc1ccccc1)Cc1ccccc1.Cl. The van der Waals surface area contributed by atoms with Crippen LogP contribution in [0.3, 0.4) is 0 Å². The zero-order valence-electron chi connectivity index (χ0n) is 14.1. The molecular weight excluding hydrogens is 336 g/mol. The smallest absolute Gasteiger partial charge is 0.160 e. The molecule has 0 saturated heterocycles. The van der Waals surface area contributed by atoms with Crippen LogP contribution in [0.15, 0.2) is 78.3 Å². The summed E-state index contributed by atoms with van der Waals surface area (Å²) in [7, 11) is 0. The second-order valence-corrected chi connectivity index (χ2v) is 6.40. The summed E-state index contributed by atoms with van der Waals surface area (Å²) in [4.78, 5) is 7.06. The van der Waals surface area contributed by atoms with Crippen molar-refractivity contribution in [2.45, 2.75) is 20.0 Å². The van der Waals surface area contributed by atoms with Crippen LogP contribution >= 0.6 is 24.2 Å². The fourth-order valence-electron chi connectivity index (χ4n) is 2.31. The molecule has 0 N–H and O–H groups in total. The Hall–Kier alpha value is -1.71. The van der Waals surface area contributed by atoms with Gasteiger partial charge in [0.05, 0.1) is 6.54 Å². The molecule has 0 aromatic heterocycles. The van der Waals surface area contributed by atoms with Crippen LogP contribution in [0.4, 0.5) is 0 Å². The van der Waals surface area contributed by atoms with Gasteiger partial charge in [-0.15, -0.1) is 19.0 Å². The molecule has 0 saturated carbocycles. The molecule has 0 amide bonds. The fraction of sp³-hybridized carbons (Fsp3) is 0.250. The van der Waals surface area contributed by atoms with Crippen LogP contribution in [0.2, 0.25) is 0 Å². The number of amidine groups is 1. The van der Waals surface area contributed by atoms with Gasteiger partial charge < -0.3 is 4.90 Å². The van der Waals surface area contributed by atoms with Crippen molar-refractivity contribution in [1.29, 1.82) is 0 Å². The van der Waals surface area contributed by atoms with Gasteiger partial charge in [-0.2, -0.15) is 0 Å². The van der Waals surface area contributed by atoms with E-state index in [-0.39, 0.29) is 12.4 Å². The van der Waals surface area contributed by atoms with Crippen LogP contribution in [-0.2, 0) is 13.1 Å². The Morgan fingerprint density at radius 3 is 1.92 bits per heavy atom. The predicted molar refractivity (Wildman–Crippen MR) is 110 cm³/mol. The van der Waals surface area contributed by atoms with Gasteiger partial charge in [0.25, 0.3) is 0 Å². The number of benzene rings is 2. The first-order valence-corrected chi connectivity index (χ1v) is 8.93. The molecule has 4 heteroatoms. The third-order valence-electron chi connectivity index (χ3n) is 3.33. The number of hydrogen-bond donors (Lipinski definition) is 0. The third kappa shape index (κ3) is 6.81. The van der Waals surface area contributed by atoms with Crippen LogP contribution in [0.25, 0.3) is 0 Å². The Bertz CT molecular complexity index is 573. The number of aliphatic imine (C=N–C) groups is 1. The highest BCUT2D eigenvalue weighted by atomic mass is 35.5. The van der Waals surface area contributed by atoms with Crippen LogP contribution in [-0.4, -0.2) is 22.4 Å². The standard InChI is InChI=1S/C20H24N2S.ClH/c1-3-15-21-20(23-4-2)22(16-18-11-7-5-8-12-18)17-19-13-9-6-10-14-19;/h3,5-14H,1,4,15-17H2,2H3;1H. The minimum absolute atomic E-state index is 0. The second-order valence-electron chi connectivity index (χ2n) is 5.17. The van der Waals surface area contributed by atoms with E-state index in [1.165, 1.54) is 11.1 Å². The molecule has 0 radical (unpaired) electrons. The van der Waals surface area contributed by atoms with Crippen LogP contribution < -0.4 is 0 Å². The summed E-state index contributed by atoms with van der Waals surface area (Å²) in [5, 5.41) is 1.08. The molecular formula is C20H25ClN2S. The van der Waals surface area contributed by atoms with Crippen LogP contribution in [0, 0.1) is 0 Å². The molecule has 128 valence electrons.